The van der Waals surface area contributed by atoms with Crippen LogP contribution in [0, 0.1) is 0 Å². The molecule has 0 aliphatic carbocycles. The highest BCUT2D eigenvalue weighted by molar-refractivity contribution is 5.78. The summed E-state index contributed by atoms with van der Waals surface area (Å²) in [6.45, 7) is 3.84. The lowest BCUT2D eigenvalue weighted by Crippen LogP contribution is -2.00. The monoisotopic (exact) mass is 102 g/mol. The van der Waals surface area contributed by atoms with Gasteiger partial charge in [0.2, 0.25) is 0 Å². The molecule has 3 heteroatoms. The van der Waals surface area contributed by atoms with Crippen LogP contribution in [0.15, 0.2) is 5.16 Å². The third-order valence-corrected chi connectivity index (χ3v) is 0.322. The fourth-order valence-corrected chi connectivity index (χ4v) is 0.166. The largest absolute Gasteiger partial charge is 0.380 e. The van der Waals surface area contributed by atoms with Gasteiger partial charge < -0.3 is 4.84 Å². The van der Waals surface area contributed by atoms with E-state index in [2.05, 4.69) is 9.99 Å². The molecule has 0 aromatic carbocycles. The topological polar surface area (TPSA) is 47.6 Å². The second kappa shape index (κ2) is 3.61. The summed E-state index contributed by atoms with van der Waals surface area (Å²) in [4.78, 5) is 4.46. The molecule has 7 heavy (non-hydrogen) atoms. The quantitative estimate of drug-likeness (QED) is 0.310. The Morgan fingerprint density at radius 3 is 2.43 bits per heavy atom. The second-order valence-corrected chi connectivity index (χ2v) is 1.33. The molecule has 0 aliphatic rings. The van der Waals surface area contributed by atoms with Gasteiger partial charge in [-0.15, -0.1) is 0 Å². The third kappa shape index (κ3) is 5.43. The van der Waals surface area contributed by atoms with Crippen molar-refractivity contribution in [2.75, 3.05) is 6.73 Å². The van der Waals surface area contributed by atoms with Gasteiger partial charge in [0, 0.05) is 0 Å². The number of oxime groups is 1. The van der Waals surface area contributed by atoms with Crippen LogP contribution in [0.25, 0.3) is 0 Å². The van der Waals surface area contributed by atoms with Gasteiger partial charge in [0.05, 0.1) is 5.71 Å². The molecule has 0 aromatic rings. The molecule has 0 spiro atoms. The summed E-state index contributed by atoms with van der Waals surface area (Å²) in [6, 6.07) is 0. The smallest absolute Gasteiger partial charge is 0.165 e. The zero-order valence-electron chi connectivity index (χ0n) is 4.64. The molecule has 0 radical (unpaired) electrons. The maximum Gasteiger partial charge on any atom is 0.165 e. The molecule has 0 amide bonds. The van der Waals surface area contributed by atoms with Crippen LogP contribution in [0.3, 0.4) is 0 Å². The van der Waals surface area contributed by atoms with Crippen molar-refractivity contribution in [3.05, 3.63) is 0 Å². The van der Waals surface area contributed by atoms with Crippen molar-refractivity contribution in [2.45, 2.75) is 13.8 Å². The highest BCUT2D eigenvalue weighted by atomic mass is 16.6. The number of rotatable bonds is 2. The van der Waals surface area contributed by atoms with E-state index in [1.54, 1.807) is 0 Å². The summed E-state index contributed by atoms with van der Waals surface area (Å²) in [7, 11) is 0. The van der Waals surface area contributed by atoms with Crippen molar-refractivity contribution in [2.24, 2.45) is 10.9 Å². The van der Waals surface area contributed by atoms with E-state index in [4.69, 9.17) is 5.73 Å². The van der Waals surface area contributed by atoms with E-state index in [9.17, 15) is 0 Å². The maximum atomic E-state index is 4.95. The predicted octanol–water partition coefficient (Wildman–Crippen LogP) is 0.315. The molecule has 0 aliphatic heterocycles. The Hall–Kier alpha value is -0.570. The number of nitrogens with two attached hydrogens (primary N) is 1. The summed E-state index contributed by atoms with van der Waals surface area (Å²) in [5.74, 6) is 0. The van der Waals surface area contributed by atoms with Crippen LogP contribution in [-0.4, -0.2) is 12.4 Å². The lowest BCUT2D eigenvalue weighted by Gasteiger charge is -1.89. The average molecular weight is 102 g/mol. The lowest BCUT2D eigenvalue weighted by molar-refractivity contribution is 0.151. The van der Waals surface area contributed by atoms with E-state index in [0.717, 1.165) is 5.71 Å². The van der Waals surface area contributed by atoms with Crippen LogP contribution < -0.4 is 5.73 Å². The zero-order valence-corrected chi connectivity index (χ0v) is 4.64. The molecule has 0 saturated heterocycles. The van der Waals surface area contributed by atoms with Crippen LogP contribution in [0.4, 0.5) is 0 Å². The third-order valence-electron chi connectivity index (χ3n) is 0.322. The summed E-state index contributed by atoms with van der Waals surface area (Å²) in [6.07, 6.45) is 0. The first-order chi connectivity index (χ1) is 3.27. The van der Waals surface area contributed by atoms with E-state index >= 15 is 0 Å². The molecule has 3 nitrogen and oxygen atoms in total. The van der Waals surface area contributed by atoms with Crippen molar-refractivity contribution in [1.29, 1.82) is 0 Å². The fourth-order valence-electron chi connectivity index (χ4n) is 0.166. The van der Waals surface area contributed by atoms with E-state index in [1.807, 2.05) is 13.8 Å². The standard InChI is InChI=1S/C4H10N2O/c1-4(2)6-7-3-5/h3,5H2,1-2H3. The Morgan fingerprint density at radius 1 is 1.71 bits per heavy atom. The zero-order chi connectivity index (χ0) is 5.70. The molecular weight excluding hydrogens is 92.1 g/mol. The summed E-state index contributed by atoms with van der Waals surface area (Å²) in [5.41, 5.74) is 5.83. The minimum absolute atomic E-state index is 0.158. The molecule has 42 valence electrons. The molecule has 0 heterocycles. The van der Waals surface area contributed by atoms with Crippen molar-refractivity contribution >= 4 is 5.71 Å². The van der Waals surface area contributed by atoms with Crippen LogP contribution >= 0.6 is 0 Å². The Bertz CT molecular complexity index is 66.1. The van der Waals surface area contributed by atoms with Gasteiger partial charge in [-0.3, -0.25) is 5.73 Å². The highest BCUT2D eigenvalue weighted by Gasteiger charge is 1.73. The number of nitrogens with zero attached hydrogens (tertiary/aromatic N) is 1. The van der Waals surface area contributed by atoms with Crippen molar-refractivity contribution in [3.8, 4) is 0 Å². The van der Waals surface area contributed by atoms with Crippen LogP contribution in [-0.2, 0) is 4.84 Å². The van der Waals surface area contributed by atoms with Gasteiger partial charge in [0.1, 0.15) is 0 Å². The summed E-state index contributed by atoms with van der Waals surface area (Å²) >= 11 is 0. The van der Waals surface area contributed by atoms with E-state index in [0.29, 0.717) is 0 Å². The van der Waals surface area contributed by atoms with Gasteiger partial charge in [-0.05, 0) is 13.8 Å². The highest BCUT2D eigenvalue weighted by Crippen LogP contribution is 1.73. The molecule has 0 atom stereocenters. The molecule has 0 unspecified atom stereocenters. The summed E-state index contributed by atoms with van der Waals surface area (Å²) < 4.78 is 0. The van der Waals surface area contributed by atoms with Crippen LogP contribution in [0.5, 0.6) is 0 Å². The Kier molecular flexibility index (Phi) is 3.32. The first kappa shape index (κ1) is 6.43. The normalized spacial score (nSPS) is 7.86. The predicted molar refractivity (Wildman–Crippen MR) is 28.9 cm³/mol. The first-order valence-electron chi connectivity index (χ1n) is 2.10. The molecular formula is C4H10N2O. The lowest BCUT2D eigenvalue weighted by atomic mass is 10.5. The maximum absolute atomic E-state index is 4.95. The molecule has 0 fully saturated rings. The van der Waals surface area contributed by atoms with Crippen LogP contribution in [0.1, 0.15) is 13.8 Å². The number of hydrogen-bond donors (Lipinski definition) is 1. The fraction of sp³-hybridized carbons (Fsp3) is 0.750. The Balaban J connectivity index is 3.08. The Labute approximate surface area is 43.1 Å². The van der Waals surface area contributed by atoms with Gasteiger partial charge in [-0.2, -0.15) is 0 Å². The van der Waals surface area contributed by atoms with Crippen molar-refractivity contribution in [1.82, 2.24) is 0 Å². The minimum Gasteiger partial charge on any atom is -0.380 e. The molecule has 2 N–H and O–H groups in total. The van der Waals surface area contributed by atoms with Gasteiger partial charge >= 0.3 is 0 Å². The van der Waals surface area contributed by atoms with Crippen molar-refractivity contribution < 1.29 is 4.84 Å². The summed E-state index contributed by atoms with van der Waals surface area (Å²) in [5, 5.41) is 3.53. The molecule has 0 aromatic heterocycles. The van der Waals surface area contributed by atoms with Gasteiger partial charge in [0.15, 0.2) is 6.73 Å². The molecule has 0 rings (SSSR count). The average Bonchev–Trinajstić information content (AvgIpc) is 1.61. The van der Waals surface area contributed by atoms with Gasteiger partial charge in [-0.1, -0.05) is 5.16 Å². The first-order valence-corrected chi connectivity index (χ1v) is 2.10. The second-order valence-electron chi connectivity index (χ2n) is 1.33. The minimum atomic E-state index is 0.158. The molecule has 0 bridgehead atoms. The Morgan fingerprint density at radius 2 is 2.29 bits per heavy atom. The van der Waals surface area contributed by atoms with E-state index in [-0.39, 0.29) is 6.73 Å². The SMILES string of the molecule is CC(C)=NOCN. The van der Waals surface area contributed by atoms with E-state index in [1.165, 1.54) is 0 Å². The van der Waals surface area contributed by atoms with E-state index < -0.39 is 0 Å². The van der Waals surface area contributed by atoms with Gasteiger partial charge in [-0.25, -0.2) is 0 Å². The van der Waals surface area contributed by atoms with Crippen LogP contribution in [0.2, 0.25) is 0 Å². The van der Waals surface area contributed by atoms with Crippen molar-refractivity contribution in [3.63, 3.8) is 0 Å². The number of hydrogen-bond acceptors (Lipinski definition) is 3. The molecule has 0 saturated carbocycles. The van der Waals surface area contributed by atoms with Gasteiger partial charge in [0.25, 0.3) is 0 Å².